The van der Waals surface area contributed by atoms with Crippen molar-refractivity contribution in [3.8, 4) is 5.69 Å². The van der Waals surface area contributed by atoms with Gasteiger partial charge >= 0.3 is 0 Å². The fourth-order valence-corrected chi connectivity index (χ4v) is 3.69. The molecule has 1 aliphatic heterocycles. The number of ether oxygens (including phenoxy) is 1. The monoisotopic (exact) mass is 365 g/mol. The van der Waals surface area contributed by atoms with Gasteiger partial charge in [0.1, 0.15) is 0 Å². The fourth-order valence-electron chi connectivity index (χ4n) is 3.69. The van der Waals surface area contributed by atoms with E-state index in [1.165, 1.54) is 0 Å². The van der Waals surface area contributed by atoms with Crippen LogP contribution < -0.4 is 0 Å². The van der Waals surface area contributed by atoms with Gasteiger partial charge in [0.15, 0.2) is 0 Å². The molecule has 0 spiro atoms. The Hall–Kier alpha value is -2.93. The molecule has 3 aromatic rings. The summed E-state index contributed by atoms with van der Waals surface area (Å²) in [7, 11) is 0. The van der Waals surface area contributed by atoms with Crippen molar-refractivity contribution in [3.63, 3.8) is 0 Å². The summed E-state index contributed by atoms with van der Waals surface area (Å²) in [6.45, 7) is 7.53. The van der Waals surface area contributed by atoms with Gasteiger partial charge < -0.3 is 9.64 Å². The number of aryl methyl sites for hydroxylation is 3. The van der Waals surface area contributed by atoms with E-state index in [4.69, 9.17) is 4.74 Å². The van der Waals surface area contributed by atoms with E-state index >= 15 is 0 Å². The maximum absolute atomic E-state index is 13.2. The van der Waals surface area contributed by atoms with Gasteiger partial charge in [0.05, 0.1) is 30.6 Å². The molecule has 0 saturated carbocycles. The van der Waals surface area contributed by atoms with Gasteiger partial charge in [-0.2, -0.15) is 10.2 Å². The maximum atomic E-state index is 13.2. The van der Waals surface area contributed by atoms with E-state index in [0.29, 0.717) is 25.3 Å². The van der Waals surface area contributed by atoms with Gasteiger partial charge in [-0.15, -0.1) is 0 Å². The van der Waals surface area contributed by atoms with Gasteiger partial charge in [-0.25, -0.2) is 4.68 Å². The van der Waals surface area contributed by atoms with E-state index in [1.807, 2.05) is 60.7 Å². The van der Waals surface area contributed by atoms with Crippen LogP contribution in [0.4, 0.5) is 0 Å². The van der Waals surface area contributed by atoms with Crippen molar-refractivity contribution in [2.45, 2.75) is 26.8 Å². The Morgan fingerprint density at radius 1 is 1.19 bits per heavy atom. The van der Waals surface area contributed by atoms with Gasteiger partial charge in [-0.3, -0.25) is 9.89 Å². The van der Waals surface area contributed by atoms with Crippen molar-refractivity contribution in [2.75, 3.05) is 19.8 Å². The molecule has 1 aromatic carbocycles. The Labute approximate surface area is 157 Å². The second kappa shape index (κ2) is 7.00. The molecule has 1 saturated heterocycles. The molecule has 1 N–H and O–H groups in total. The molecule has 2 aromatic heterocycles. The van der Waals surface area contributed by atoms with Gasteiger partial charge in [0.2, 0.25) is 0 Å². The molecule has 7 heteroatoms. The smallest absolute Gasteiger partial charge is 0.254 e. The highest BCUT2D eigenvalue weighted by molar-refractivity contribution is 5.94. The van der Waals surface area contributed by atoms with Gasteiger partial charge in [0, 0.05) is 35.3 Å². The fraction of sp³-hybridized carbons (Fsp3) is 0.350. The molecule has 0 radical (unpaired) electrons. The Morgan fingerprint density at radius 3 is 2.59 bits per heavy atom. The first-order chi connectivity index (χ1) is 13.1. The second-order valence-corrected chi connectivity index (χ2v) is 6.87. The lowest BCUT2D eigenvalue weighted by Crippen LogP contribution is -2.43. The van der Waals surface area contributed by atoms with Crippen molar-refractivity contribution in [1.29, 1.82) is 0 Å². The molecule has 7 nitrogen and oxygen atoms in total. The van der Waals surface area contributed by atoms with E-state index in [9.17, 15) is 4.79 Å². The summed E-state index contributed by atoms with van der Waals surface area (Å²) < 4.78 is 7.52. The third-order valence-corrected chi connectivity index (χ3v) is 5.10. The molecule has 27 heavy (non-hydrogen) atoms. The number of benzene rings is 1. The van der Waals surface area contributed by atoms with E-state index in [0.717, 1.165) is 28.3 Å². The molecule has 1 amide bonds. The van der Waals surface area contributed by atoms with Crippen molar-refractivity contribution in [1.82, 2.24) is 24.9 Å². The quantitative estimate of drug-likeness (QED) is 0.774. The molecule has 3 heterocycles. The van der Waals surface area contributed by atoms with Gasteiger partial charge in [-0.1, -0.05) is 0 Å². The minimum atomic E-state index is -0.127. The highest BCUT2D eigenvalue weighted by atomic mass is 16.5. The van der Waals surface area contributed by atoms with Crippen LogP contribution in [-0.4, -0.2) is 50.5 Å². The summed E-state index contributed by atoms with van der Waals surface area (Å²) in [5.41, 5.74) is 5.58. The number of hydrogen-bond donors (Lipinski definition) is 1. The molecular formula is C20H23N5O2. The van der Waals surface area contributed by atoms with Gasteiger partial charge in [-0.05, 0) is 51.1 Å². The molecule has 4 rings (SSSR count). The number of morpholine rings is 1. The average Bonchev–Trinajstić information content (AvgIpc) is 3.26. The van der Waals surface area contributed by atoms with Crippen LogP contribution in [-0.2, 0) is 4.74 Å². The molecule has 0 aliphatic carbocycles. The standard InChI is InChI=1S/C20H23N5O2/c1-13-8-9-21-25(13)17-6-4-16(5-7-17)20(26)24-10-11-27-12-18(24)19-14(2)22-23-15(19)3/h4-9,18H,10-12H2,1-3H3,(H,22,23). The number of carbonyl (C=O) groups is 1. The topological polar surface area (TPSA) is 76.0 Å². The lowest BCUT2D eigenvalue weighted by atomic mass is 10.0. The van der Waals surface area contributed by atoms with Crippen molar-refractivity contribution < 1.29 is 9.53 Å². The maximum Gasteiger partial charge on any atom is 0.254 e. The predicted octanol–water partition coefficient (Wildman–Crippen LogP) is 2.73. The second-order valence-electron chi connectivity index (χ2n) is 6.87. The first-order valence-electron chi connectivity index (χ1n) is 9.07. The molecule has 140 valence electrons. The normalized spacial score (nSPS) is 17.3. The summed E-state index contributed by atoms with van der Waals surface area (Å²) in [6, 6.07) is 9.40. The predicted molar refractivity (Wildman–Crippen MR) is 101 cm³/mol. The van der Waals surface area contributed by atoms with Crippen molar-refractivity contribution >= 4 is 5.91 Å². The number of nitrogens with one attached hydrogen (secondary N) is 1. The van der Waals surface area contributed by atoms with Crippen LogP contribution in [0.15, 0.2) is 36.5 Å². The molecule has 1 atom stereocenters. The van der Waals surface area contributed by atoms with Crippen LogP contribution in [0.25, 0.3) is 5.69 Å². The third kappa shape index (κ3) is 3.14. The first-order valence-corrected chi connectivity index (χ1v) is 9.07. The summed E-state index contributed by atoms with van der Waals surface area (Å²) in [6.07, 6.45) is 1.77. The van der Waals surface area contributed by atoms with Crippen LogP contribution >= 0.6 is 0 Å². The van der Waals surface area contributed by atoms with Crippen molar-refractivity contribution in [3.05, 3.63) is 64.7 Å². The lowest BCUT2D eigenvalue weighted by Gasteiger charge is -2.36. The van der Waals surface area contributed by atoms with Crippen LogP contribution in [0, 0.1) is 20.8 Å². The number of H-pyrrole nitrogens is 1. The number of carbonyl (C=O) groups excluding carboxylic acids is 1. The zero-order valence-corrected chi connectivity index (χ0v) is 15.8. The van der Waals surface area contributed by atoms with Gasteiger partial charge in [0.25, 0.3) is 5.91 Å². The van der Waals surface area contributed by atoms with Crippen LogP contribution in [0.5, 0.6) is 0 Å². The highest BCUT2D eigenvalue weighted by Gasteiger charge is 2.32. The average molecular weight is 365 g/mol. The zero-order chi connectivity index (χ0) is 19.0. The molecule has 1 fully saturated rings. The minimum Gasteiger partial charge on any atom is -0.377 e. The zero-order valence-electron chi connectivity index (χ0n) is 15.8. The Balaban J connectivity index is 1.61. The highest BCUT2D eigenvalue weighted by Crippen LogP contribution is 2.29. The SMILES string of the molecule is Cc1n[nH]c(C)c1C1COCCN1C(=O)c1ccc(-n2nccc2C)cc1. The number of aromatic amines is 1. The summed E-state index contributed by atoms with van der Waals surface area (Å²) in [4.78, 5) is 15.1. The van der Waals surface area contributed by atoms with E-state index in [2.05, 4.69) is 15.3 Å². The summed E-state index contributed by atoms with van der Waals surface area (Å²) >= 11 is 0. The van der Waals surface area contributed by atoms with E-state index in [1.54, 1.807) is 6.20 Å². The number of hydrogen-bond acceptors (Lipinski definition) is 4. The van der Waals surface area contributed by atoms with E-state index < -0.39 is 0 Å². The van der Waals surface area contributed by atoms with Crippen LogP contribution in [0.2, 0.25) is 0 Å². The molecule has 0 bridgehead atoms. The van der Waals surface area contributed by atoms with Crippen LogP contribution in [0.1, 0.15) is 39.0 Å². The molecular weight excluding hydrogens is 342 g/mol. The summed E-state index contributed by atoms with van der Waals surface area (Å²) in [5.74, 6) is 0.00652. The number of aromatic nitrogens is 4. The molecule has 1 aliphatic rings. The number of amides is 1. The Bertz CT molecular complexity index is 938. The largest absolute Gasteiger partial charge is 0.377 e. The van der Waals surface area contributed by atoms with E-state index in [-0.39, 0.29) is 11.9 Å². The first kappa shape index (κ1) is 17.5. The van der Waals surface area contributed by atoms with Crippen LogP contribution in [0.3, 0.4) is 0 Å². The Morgan fingerprint density at radius 2 is 1.96 bits per heavy atom. The summed E-state index contributed by atoms with van der Waals surface area (Å²) in [5, 5.41) is 11.6. The molecule has 1 unspecified atom stereocenters. The minimum absolute atomic E-state index is 0.00652. The van der Waals surface area contributed by atoms with Crippen molar-refractivity contribution in [2.24, 2.45) is 0 Å². The Kier molecular flexibility index (Phi) is 4.53. The number of rotatable bonds is 3. The number of nitrogens with zero attached hydrogens (tertiary/aromatic N) is 4. The lowest BCUT2D eigenvalue weighted by molar-refractivity contribution is -0.00301. The third-order valence-electron chi connectivity index (χ3n) is 5.10.